The first-order chi connectivity index (χ1) is 9.10. The molecule has 2 atom stereocenters. The van der Waals surface area contributed by atoms with Gasteiger partial charge in [0.25, 0.3) is 5.89 Å². The first-order valence-corrected chi connectivity index (χ1v) is 6.43. The SMILES string of the molecule is CC(CN)c1noc(C(C)Oc2cccc(Cl)c2)n1. The predicted molar refractivity (Wildman–Crippen MR) is 72.3 cm³/mol. The molecule has 102 valence electrons. The second-order valence-electron chi connectivity index (χ2n) is 4.35. The molecule has 6 heteroatoms. The monoisotopic (exact) mass is 281 g/mol. The van der Waals surface area contributed by atoms with E-state index in [1.54, 1.807) is 12.1 Å². The van der Waals surface area contributed by atoms with Gasteiger partial charge in [-0.15, -0.1) is 0 Å². The van der Waals surface area contributed by atoms with Crippen LogP contribution in [-0.4, -0.2) is 16.7 Å². The predicted octanol–water partition coefficient (Wildman–Crippen LogP) is 2.93. The summed E-state index contributed by atoms with van der Waals surface area (Å²) in [6.45, 7) is 4.25. The highest BCUT2D eigenvalue weighted by molar-refractivity contribution is 6.30. The van der Waals surface area contributed by atoms with E-state index < -0.39 is 0 Å². The van der Waals surface area contributed by atoms with E-state index in [0.29, 0.717) is 29.0 Å². The number of hydrogen-bond acceptors (Lipinski definition) is 5. The van der Waals surface area contributed by atoms with Crippen LogP contribution in [-0.2, 0) is 0 Å². The van der Waals surface area contributed by atoms with Gasteiger partial charge in [0.05, 0.1) is 0 Å². The number of halogens is 1. The number of aromatic nitrogens is 2. The molecule has 2 N–H and O–H groups in total. The van der Waals surface area contributed by atoms with Crippen molar-refractivity contribution in [2.24, 2.45) is 5.73 Å². The lowest BCUT2D eigenvalue weighted by atomic mass is 10.2. The highest BCUT2D eigenvalue weighted by Gasteiger charge is 2.18. The summed E-state index contributed by atoms with van der Waals surface area (Å²) >= 11 is 5.89. The fraction of sp³-hybridized carbons (Fsp3) is 0.385. The third-order valence-corrected chi connectivity index (χ3v) is 2.94. The van der Waals surface area contributed by atoms with Crippen LogP contribution in [0.15, 0.2) is 28.8 Å². The van der Waals surface area contributed by atoms with Crippen LogP contribution in [0.4, 0.5) is 0 Å². The van der Waals surface area contributed by atoms with Gasteiger partial charge >= 0.3 is 0 Å². The zero-order valence-corrected chi connectivity index (χ0v) is 11.6. The van der Waals surface area contributed by atoms with E-state index in [2.05, 4.69) is 10.1 Å². The van der Waals surface area contributed by atoms with Gasteiger partial charge in [0.2, 0.25) is 0 Å². The average molecular weight is 282 g/mol. The smallest absolute Gasteiger partial charge is 0.267 e. The van der Waals surface area contributed by atoms with Gasteiger partial charge in [-0.2, -0.15) is 4.98 Å². The molecular weight excluding hydrogens is 266 g/mol. The Morgan fingerprint density at radius 3 is 2.89 bits per heavy atom. The molecular formula is C13H16ClN3O2. The Hall–Kier alpha value is -1.59. The molecule has 0 bridgehead atoms. The second kappa shape index (κ2) is 6.04. The largest absolute Gasteiger partial charge is 0.481 e. The summed E-state index contributed by atoms with van der Waals surface area (Å²) in [7, 11) is 0. The summed E-state index contributed by atoms with van der Waals surface area (Å²) in [5.41, 5.74) is 5.56. The molecule has 0 radical (unpaired) electrons. The van der Waals surface area contributed by atoms with Gasteiger partial charge in [-0.25, -0.2) is 0 Å². The van der Waals surface area contributed by atoms with E-state index >= 15 is 0 Å². The fourth-order valence-electron chi connectivity index (χ4n) is 1.51. The molecule has 0 aliphatic carbocycles. The highest BCUT2D eigenvalue weighted by atomic mass is 35.5. The average Bonchev–Trinajstić information content (AvgIpc) is 2.87. The van der Waals surface area contributed by atoms with E-state index in [4.69, 9.17) is 26.6 Å². The van der Waals surface area contributed by atoms with E-state index in [1.807, 2.05) is 26.0 Å². The number of hydrogen-bond donors (Lipinski definition) is 1. The molecule has 1 aromatic carbocycles. The molecule has 0 saturated heterocycles. The summed E-state index contributed by atoms with van der Waals surface area (Å²) in [6, 6.07) is 7.16. The second-order valence-corrected chi connectivity index (χ2v) is 4.78. The normalized spacial score (nSPS) is 14.1. The van der Waals surface area contributed by atoms with Gasteiger partial charge in [-0.3, -0.25) is 0 Å². The molecule has 0 spiro atoms. The van der Waals surface area contributed by atoms with Crippen LogP contribution in [0, 0.1) is 0 Å². The van der Waals surface area contributed by atoms with Gasteiger partial charge in [0, 0.05) is 17.5 Å². The van der Waals surface area contributed by atoms with Crippen molar-refractivity contribution in [3.05, 3.63) is 41.0 Å². The first kappa shape index (κ1) is 13.8. The number of benzene rings is 1. The fourth-order valence-corrected chi connectivity index (χ4v) is 1.69. The number of rotatable bonds is 5. The zero-order valence-electron chi connectivity index (χ0n) is 10.8. The lowest BCUT2D eigenvalue weighted by Crippen LogP contribution is -2.10. The van der Waals surface area contributed by atoms with Crippen molar-refractivity contribution in [2.75, 3.05) is 6.54 Å². The van der Waals surface area contributed by atoms with Crippen molar-refractivity contribution in [1.29, 1.82) is 0 Å². The van der Waals surface area contributed by atoms with Gasteiger partial charge in [0.15, 0.2) is 11.9 Å². The van der Waals surface area contributed by atoms with E-state index in [9.17, 15) is 0 Å². The molecule has 19 heavy (non-hydrogen) atoms. The summed E-state index contributed by atoms with van der Waals surface area (Å²) in [5, 5.41) is 4.51. The van der Waals surface area contributed by atoms with Crippen LogP contribution >= 0.6 is 11.6 Å². The van der Waals surface area contributed by atoms with Crippen molar-refractivity contribution < 1.29 is 9.26 Å². The quantitative estimate of drug-likeness (QED) is 0.912. The molecule has 2 rings (SSSR count). The molecule has 1 aromatic heterocycles. The van der Waals surface area contributed by atoms with Gasteiger partial charge < -0.3 is 15.0 Å². The van der Waals surface area contributed by atoms with Crippen molar-refractivity contribution in [3.8, 4) is 5.75 Å². The Labute approximate surface area is 116 Å². The molecule has 5 nitrogen and oxygen atoms in total. The molecule has 0 fully saturated rings. The van der Waals surface area contributed by atoms with Crippen molar-refractivity contribution in [1.82, 2.24) is 10.1 Å². The van der Waals surface area contributed by atoms with Crippen LogP contribution in [0.25, 0.3) is 0 Å². The van der Waals surface area contributed by atoms with Gasteiger partial charge in [-0.05, 0) is 25.1 Å². The lowest BCUT2D eigenvalue weighted by molar-refractivity contribution is 0.175. The Balaban J connectivity index is 2.07. The van der Waals surface area contributed by atoms with Crippen LogP contribution in [0.5, 0.6) is 5.75 Å². The topological polar surface area (TPSA) is 74.2 Å². The molecule has 2 aromatic rings. The standard InChI is InChI=1S/C13H16ClN3O2/c1-8(7-15)12-16-13(19-17-12)9(2)18-11-5-3-4-10(14)6-11/h3-6,8-9H,7,15H2,1-2H3. The van der Waals surface area contributed by atoms with Crippen molar-refractivity contribution in [2.45, 2.75) is 25.9 Å². The third-order valence-electron chi connectivity index (χ3n) is 2.71. The minimum absolute atomic E-state index is 0.0656. The van der Waals surface area contributed by atoms with Crippen LogP contribution in [0.1, 0.15) is 37.6 Å². The lowest BCUT2D eigenvalue weighted by Gasteiger charge is -2.10. The summed E-state index contributed by atoms with van der Waals surface area (Å²) in [5.74, 6) is 1.75. The van der Waals surface area contributed by atoms with Crippen LogP contribution < -0.4 is 10.5 Å². The van der Waals surface area contributed by atoms with Gasteiger partial charge in [0.1, 0.15) is 5.75 Å². The Bertz CT molecular complexity index is 544. The molecule has 0 amide bonds. The van der Waals surface area contributed by atoms with Crippen molar-refractivity contribution in [3.63, 3.8) is 0 Å². The van der Waals surface area contributed by atoms with E-state index in [1.165, 1.54) is 0 Å². The van der Waals surface area contributed by atoms with Crippen LogP contribution in [0.2, 0.25) is 5.02 Å². The maximum Gasteiger partial charge on any atom is 0.267 e. The summed E-state index contributed by atoms with van der Waals surface area (Å²) in [4.78, 5) is 4.28. The minimum Gasteiger partial charge on any atom is -0.481 e. The van der Waals surface area contributed by atoms with Crippen molar-refractivity contribution >= 4 is 11.6 Å². The summed E-state index contributed by atoms with van der Waals surface area (Å²) < 4.78 is 10.9. The Morgan fingerprint density at radius 2 is 2.21 bits per heavy atom. The van der Waals surface area contributed by atoms with E-state index in [-0.39, 0.29) is 12.0 Å². The number of nitrogens with two attached hydrogens (primary N) is 1. The summed E-state index contributed by atoms with van der Waals surface area (Å²) in [6.07, 6.45) is -0.343. The maximum atomic E-state index is 5.89. The molecule has 0 aliphatic heterocycles. The third kappa shape index (κ3) is 3.45. The number of ether oxygens (including phenoxy) is 1. The molecule has 1 heterocycles. The Kier molecular flexibility index (Phi) is 4.39. The van der Waals surface area contributed by atoms with E-state index in [0.717, 1.165) is 0 Å². The minimum atomic E-state index is -0.343. The maximum absolute atomic E-state index is 5.89. The molecule has 0 saturated carbocycles. The number of nitrogens with zero attached hydrogens (tertiary/aromatic N) is 2. The molecule has 2 unspecified atom stereocenters. The van der Waals surface area contributed by atoms with Gasteiger partial charge in [-0.1, -0.05) is 29.7 Å². The zero-order chi connectivity index (χ0) is 13.8. The molecule has 0 aliphatic rings. The Morgan fingerprint density at radius 1 is 1.42 bits per heavy atom. The first-order valence-electron chi connectivity index (χ1n) is 6.06. The van der Waals surface area contributed by atoms with Crippen LogP contribution in [0.3, 0.4) is 0 Å². The highest BCUT2D eigenvalue weighted by Crippen LogP contribution is 2.24.